The van der Waals surface area contributed by atoms with E-state index in [1.165, 1.54) is 12.3 Å². The molecule has 1 aromatic rings. The van der Waals surface area contributed by atoms with Crippen LogP contribution >= 0.6 is 0 Å². The molecule has 0 spiro atoms. The number of hydrogen-bond donors (Lipinski definition) is 2. The normalized spacial score (nSPS) is 15.9. The molecular formula is C13H17F3N6O2. The molecule has 132 valence electrons. The summed E-state index contributed by atoms with van der Waals surface area (Å²) in [5.74, 6) is -3.58. The van der Waals surface area contributed by atoms with Crippen molar-refractivity contribution in [1.82, 2.24) is 9.88 Å². The number of rotatable bonds is 2. The van der Waals surface area contributed by atoms with Gasteiger partial charge in [-0.25, -0.2) is 9.78 Å². The molecule has 8 nitrogen and oxygen atoms in total. The number of nitrogens with two attached hydrogens (primary N) is 1. The highest BCUT2D eigenvalue weighted by molar-refractivity contribution is 5.92. The first-order valence-corrected chi connectivity index (χ1v) is 7.01. The van der Waals surface area contributed by atoms with E-state index in [2.05, 4.69) is 19.6 Å². The van der Waals surface area contributed by atoms with Crippen LogP contribution in [0.4, 0.5) is 24.7 Å². The summed E-state index contributed by atoms with van der Waals surface area (Å²) in [5.41, 5.74) is 5.94. The summed E-state index contributed by atoms with van der Waals surface area (Å²) in [6, 6.07) is 2.95. The smallest absolute Gasteiger partial charge is 0.368 e. The number of carbonyl (C=O) groups is 1. The number of pyridine rings is 1. The van der Waals surface area contributed by atoms with E-state index in [4.69, 9.17) is 11.1 Å². The van der Waals surface area contributed by atoms with Gasteiger partial charge in [0, 0.05) is 26.2 Å². The highest BCUT2D eigenvalue weighted by atomic mass is 19.4. The van der Waals surface area contributed by atoms with Crippen LogP contribution in [0.25, 0.3) is 0 Å². The first-order chi connectivity index (χ1) is 11.2. The monoisotopic (exact) mass is 346 g/mol. The summed E-state index contributed by atoms with van der Waals surface area (Å²) >= 11 is 0. The van der Waals surface area contributed by atoms with Crippen LogP contribution in [-0.4, -0.2) is 61.2 Å². The number of anilines is 2. The predicted octanol–water partition coefficient (Wildman–Crippen LogP) is 0.554. The Kier molecular flexibility index (Phi) is 5.12. The van der Waals surface area contributed by atoms with Crippen LogP contribution in [0, 0.1) is 5.41 Å². The van der Waals surface area contributed by atoms with Crippen LogP contribution in [0.3, 0.4) is 0 Å². The second kappa shape index (κ2) is 6.91. The van der Waals surface area contributed by atoms with Gasteiger partial charge in [-0.1, -0.05) is 0 Å². The van der Waals surface area contributed by atoms with E-state index < -0.39 is 18.1 Å². The fourth-order valence-corrected chi connectivity index (χ4v) is 2.10. The standard InChI is InChI=1S/C13H17F3N6O2/c1-20-4-6-21(7-5-20)9-2-3-10(19-8-9)22(12(17)18)24-11(23)13(14,15)16/h2-3,8H,4-7H2,1H3,(H3,17,18). The van der Waals surface area contributed by atoms with Crippen LogP contribution < -0.4 is 15.7 Å². The molecule has 0 bridgehead atoms. The quantitative estimate of drug-likeness (QED) is 0.458. The highest BCUT2D eigenvalue weighted by Gasteiger charge is 2.43. The second-order valence-corrected chi connectivity index (χ2v) is 5.22. The molecule has 1 aliphatic heterocycles. The van der Waals surface area contributed by atoms with Gasteiger partial charge in [0.1, 0.15) is 0 Å². The Morgan fingerprint density at radius 3 is 2.42 bits per heavy atom. The lowest BCUT2D eigenvalue weighted by atomic mass is 10.3. The van der Waals surface area contributed by atoms with Crippen molar-refractivity contribution < 1.29 is 22.8 Å². The van der Waals surface area contributed by atoms with Gasteiger partial charge in [0.25, 0.3) is 0 Å². The van der Waals surface area contributed by atoms with Crippen molar-refractivity contribution in [3.05, 3.63) is 18.3 Å². The predicted molar refractivity (Wildman–Crippen MR) is 80.5 cm³/mol. The molecule has 1 aliphatic rings. The fraction of sp³-hybridized carbons (Fsp3) is 0.462. The Morgan fingerprint density at radius 1 is 1.33 bits per heavy atom. The van der Waals surface area contributed by atoms with Gasteiger partial charge in [0.2, 0.25) is 5.96 Å². The van der Waals surface area contributed by atoms with Crippen LogP contribution in [0.15, 0.2) is 18.3 Å². The van der Waals surface area contributed by atoms with E-state index in [1.807, 2.05) is 7.05 Å². The van der Waals surface area contributed by atoms with Crippen LogP contribution in [0.5, 0.6) is 0 Å². The van der Waals surface area contributed by atoms with Crippen LogP contribution in [-0.2, 0) is 9.63 Å². The Hall–Kier alpha value is -2.56. The van der Waals surface area contributed by atoms with E-state index in [0.717, 1.165) is 31.9 Å². The molecule has 3 N–H and O–H groups in total. The molecule has 0 atom stereocenters. The van der Waals surface area contributed by atoms with E-state index in [-0.39, 0.29) is 10.9 Å². The number of nitrogens with one attached hydrogen (secondary N) is 1. The first kappa shape index (κ1) is 17.8. The number of piperazine rings is 1. The average Bonchev–Trinajstić information content (AvgIpc) is 2.52. The summed E-state index contributed by atoms with van der Waals surface area (Å²) in [6.45, 7) is 3.34. The molecule has 24 heavy (non-hydrogen) atoms. The Labute approximate surface area is 136 Å². The maximum atomic E-state index is 12.3. The van der Waals surface area contributed by atoms with E-state index in [9.17, 15) is 18.0 Å². The molecule has 0 saturated carbocycles. The number of hydrogen-bond acceptors (Lipinski definition) is 6. The Bertz CT molecular complexity index is 599. The number of nitrogens with zero attached hydrogens (tertiary/aromatic N) is 4. The third-order valence-electron chi connectivity index (χ3n) is 3.43. The maximum absolute atomic E-state index is 12.3. The van der Waals surface area contributed by atoms with Gasteiger partial charge in [-0.3, -0.25) is 5.41 Å². The lowest BCUT2D eigenvalue weighted by Gasteiger charge is -2.34. The zero-order chi connectivity index (χ0) is 17.9. The molecule has 0 aromatic carbocycles. The number of halogens is 3. The zero-order valence-corrected chi connectivity index (χ0v) is 12.9. The van der Waals surface area contributed by atoms with Gasteiger partial charge in [-0.15, -0.1) is 5.06 Å². The van der Waals surface area contributed by atoms with Gasteiger partial charge in [-0.05, 0) is 19.2 Å². The molecule has 0 unspecified atom stereocenters. The summed E-state index contributed by atoms with van der Waals surface area (Å²) < 4.78 is 36.9. The lowest BCUT2D eigenvalue weighted by molar-refractivity contribution is -0.199. The summed E-state index contributed by atoms with van der Waals surface area (Å²) in [7, 11) is 2.01. The van der Waals surface area contributed by atoms with E-state index in [0.29, 0.717) is 0 Å². The third kappa shape index (κ3) is 4.25. The van der Waals surface area contributed by atoms with E-state index in [1.54, 1.807) is 6.07 Å². The SMILES string of the molecule is CN1CCN(c2ccc(N(OC(=O)C(F)(F)F)C(=N)N)nc2)CC1. The minimum atomic E-state index is -5.20. The van der Waals surface area contributed by atoms with Crippen molar-refractivity contribution in [2.24, 2.45) is 5.73 Å². The van der Waals surface area contributed by atoms with Gasteiger partial charge in [0.15, 0.2) is 5.82 Å². The molecule has 1 fully saturated rings. The number of alkyl halides is 3. The maximum Gasteiger partial charge on any atom is 0.493 e. The Balaban J connectivity index is 2.11. The molecule has 0 aliphatic carbocycles. The second-order valence-electron chi connectivity index (χ2n) is 5.22. The zero-order valence-electron chi connectivity index (χ0n) is 12.9. The van der Waals surface area contributed by atoms with Crippen molar-refractivity contribution in [3.63, 3.8) is 0 Å². The lowest BCUT2D eigenvalue weighted by Crippen LogP contribution is -2.44. The van der Waals surface area contributed by atoms with Crippen molar-refractivity contribution in [3.8, 4) is 0 Å². The highest BCUT2D eigenvalue weighted by Crippen LogP contribution is 2.22. The summed E-state index contributed by atoms with van der Waals surface area (Å²) in [6.07, 6.45) is -3.77. The molecular weight excluding hydrogens is 329 g/mol. The molecule has 0 amide bonds. The number of carbonyl (C=O) groups excluding carboxylic acids is 1. The minimum absolute atomic E-state index is 0.196. The topological polar surface area (TPSA) is 98.8 Å². The van der Waals surface area contributed by atoms with Gasteiger partial charge in [-0.2, -0.15) is 13.2 Å². The minimum Gasteiger partial charge on any atom is -0.368 e. The van der Waals surface area contributed by atoms with Crippen molar-refractivity contribution in [2.75, 3.05) is 43.2 Å². The van der Waals surface area contributed by atoms with Crippen molar-refractivity contribution >= 4 is 23.4 Å². The third-order valence-corrected chi connectivity index (χ3v) is 3.43. The molecule has 11 heteroatoms. The number of likely N-dealkylation sites (N-methyl/N-ethyl adjacent to an activating group) is 1. The molecule has 0 radical (unpaired) electrons. The molecule has 1 saturated heterocycles. The summed E-state index contributed by atoms with van der Waals surface area (Å²) in [4.78, 5) is 23.2. The molecule has 2 rings (SSSR count). The first-order valence-electron chi connectivity index (χ1n) is 7.01. The van der Waals surface area contributed by atoms with Gasteiger partial charge < -0.3 is 20.4 Å². The van der Waals surface area contributed by atoms with Crippen LogP contribution in [0.2, 0.25) is 0 Å². The summed E-state index contributed by atoms with van der Waals surface area (Å²) in [5, 5.41) is 7.49. The number of hydroxylamine groups is 1. The number of guanidine groups is 1. The van der Waals surface area contributed by atoms with E-state index >= 15 is 0 Å². The van der Waals surface area contributed by atoms with Gasteiger partial charge >= 0.3 is 12.1 Å². The van der Waals surface area contributed by atoms with Crippen molar-refractivity contribution in [2.45, 2.75) is 6.18 Å². The van der Waals surface area contributed by atoms with Gasteiger partial charge in [0.05, 0.1) is 11.9 Å². The fourth-order valence-electron chi connectivity index (χ4n) is 2.10. The number of aromatic nitrogens is 1. The molecule has 1 aromatic heterocycles. The van der Waals surface area contributed by atoms with Crippen molar-refractivity contribution in [1.29, 1.82) is 5.41 Å². The van der Waals surface area contributed by atoms with Crippen LogP contribution in [0.1, 0.15) is 0 Å². The molecule has 2 heterocycles. The largest absolute Gasteiger partial charge is 0.493 e. The Morgan fingerprint density at radius 2 is 1.96 bits per heavy atom. The average molecular weight is 346 g/mol.